The van der Waals surface area contributed by atoms with Gasteiger partial charge in [0.05, 0.1) is 14.2 Å². The normalized spacial score (nSPS) is 10.5. The Kier molecular flexibility index (Phi) is 6.67. The Labute approximate surface area is 138 Å². The van der Waals surface area contributed by atoms with Crippen LogP contribution in [-0.4, -0.2) is 49.2 Å². The van der Waals surface area contributed by atoms with Crippen molar-refractivity contribution in [2.45, 2.75) is 13.8 Å². The molecule has 6 nitrogen and oxygen atoms in total. The molecular weight excluding hydrogens is 354 g/mol. The van der Waals surface area contributed by atoms with E-state index in [2.05, 4.69) is 15.9 Å². The summed E-state index contributed by atoms with van der Waals surface area (Å²) in [4.78, 5) is 24.9. The summed E-state index contributed by atoms with van der Waals surface area (Å²) < 4.78 is 11.0. The van der Waals surface area contributed by atoms with Crippen LogP contribution in [0.25, 0.3) is 0 Å². The zero-order valence-electron chi connectivity index (χ0n) is 13.1. The van der Waals surface area contributed by atoms with Gasteiger partial charge in [-0.05, 0) is 34.0 Å². The van der Waals surface area contributed by atoms with Crippen molar-refractivity contribution in [1.82, 2.24) is 4.90 Å². The van der Waals surface area contributed by atoms with E-state index >= 15 is 0 Å². The van der Waals surface area contributed by atoms with Crippen molar-refractivity contribution in [3.05, 3.63) is 22.2 Å². The Morgan fingerprint density at radius 3 is 2.09 bits per heavy atom. The van der Waals surface area contributed by atoms with Crippen LogP contribution in [0.2, 0.25) is 0 Å². The third kappa shape index (κ3) is 4.62. The maximum absolute atomic E-state index is 12.6. The first-order chi connectivity index (χ1) is 10.3. The van der Waals surface area contributed by atoms with Crippen LogP contribution in [0.5, 0.6) is 11.5 Å². The molecule has 0 saturated heterocycles. The first kappa shape index (κ1) is 18.3. The minimum Gasteiger partial charge on any atom is -0.495 e. The molecule has 0 aliphatic rings. The Balaban J connectivity index is 3.19. The van der Waals surface area contributed by atoms with E-state index < -0.39 is 5.97 Å². The number of carbonyl (C=O) groups is 2. The van der Waals surface area contributed by atoms with Gasteiger partial charge >= 0.3 is 5.97 Å². The summed E-state index contributed by atoms with van der Waals surface area (Å²) in [5.41, 5.74) is 0.318. The minimum atomic E-state index is -1.05. The second kappa shape index (κ2) is 8.03. The molecule has 1 amide bonds. The monoisotopic (exact) mass is 373 g/mol. The summed E-state index contributed by atoms with van der Waals surface area (Å²) in [5, 5.41) is 8.99. The molecule has 0 spiro atoms. The van der Waals surface area contributed by atoms with E-state index in [1.807, 2.05) is 13.8 Å². The van der Waals surface area contributed by atoms with Gasteiger partial charge in [0.25, 0.3) is 5.91 Å². The van der Waals surface area contributed by atoms with Crippen LogP contribution in [0.4, 0.5) is 0 Å². The molecule has 0 aliphatic heterocycles. The number of amides is 1. The molecule has 0 radical (unpaired) electrons. The summed E-state index contributed by atoms with van der Waals surface area (Å²) in [7, 11) is 2.97. The van der Waals surface area contributed by atoms with Gasteiger partial charge in [0, 0.05) is 12.1 Å². The molecule has 22 heavy (non-hydrogen) atoms. The number of carboxylic acid groups (broad SMARTS) is 1. The smallest absolute Gasteiger partial charge is 0.323 e. The molecule has 1 aromatic rings. The summed E-state index contributed by atoms with van der Waals surface area (Å²) >= 11 is 3.33. The number of hydrogen-bond acceptors (Lipinski definition) is 4. The van der Waals surface area contributed by atoms with Gasteiger partial charge in [-0.25, -0.2) is 0 Å². The maximum Gasteiger partial charge on any atom is 0.323 e. The van der Waals surface area contributed by atoms with Gasteiger partial charge in [-0.15, -0.1) is 0 Å². The molecule has 0 aliphatic carbocycles. The number of nitrogens with zero attached hydrogens (tertiary/aromatic N) is 1. The van der Waals surface area contributed by atoms with Gasteiger partial charge in [0.15, 0.2) is 0 Å². The average Bonchev–Trinajstić information content (AvgIpc) is 2.45. The van der Waals surface area contributed by atoms with Gasteiger partial charge in [0.1, 0.15) is 22.5 Å². The van der Waals surface area contributed by atoms with E-state index in [0.717, 1.165) is 0 Å². The van der Waals surface area contributed by atoms with Crippen molar-refractivity contribution in [3.8, 4) is 11.5 Å². The highest BCUT2D eigenvalue weighted by molar-refractivity contribution is 9.10. The largest absolute Gasteiger partial charge is 0.495 e. The fraction of sp³-hybridized carbons (Fsp3) is 0.467. The van der Waals surface area contributed by atoms with Gasteiger partial charge in [-0.1, -0.05) is 13.8 Å². The Hall–Kier alpha value is -1.76. The highest BCUT2D eigenvalue weighted by Gasteiger charge is 2.22. The molecule has 122 valence electrons. The van der Waals surface area contributed by atoms with E-state index in [4.69, 9.17) is 14.6 Å². The second-order valence-corrected chi connectivity index (χ2v) is 5.96. The number of carboxylic acids is 1. The lowest BCUT2D eigenvalue weighted by Crippen LogP contribution is -2.38. The zero-order chi connectivity index (χ0) is 16.9. The predicted molar refractivity (Wildman–Crippen MR) is 85.6 cm³/mol. The van der Waals surface area contributed by atoms with E-state index in [1.54, 1.807) is 12.1 Å². The van der Waals surface area contributed by atoms with Crippen LogP contribution in [0.15, 0.2) is 16.6 Å². The highest BCUT2D eigenvalue weighted by atomic mass is 79.9. The van der Waals surface area contributed by atoms with E-state index in [-0.39, 0.29) is 18.4 Å². The Bertz CT molecular complexity index is 534. The lowest BCUT2D eigenvalue weighted by molar-refractivity contribution is -0.137. The van der Waals surface area contributed by atoms with Crippen molar-refractivity contribution in [2.24, 2.45) is 5.92 Å². The fourth-order valence-corrected chi connectivity index (χ4v) is 2.55. The van der Waals surface area contributed by atoms with Gasteiger partial charge in [-0.3, -0.25) is 9.59 Å². The molecule has 1 rings (SSSR count). The number of hydrogen-bond donors (Lipinski definition) is 1. The molecule has 0 saturated carbocycles. The standard InChI is InChI=1S/C15H20BrNO5/c1-9(2)7-17(8-13(18)19)15(20)10-5-11(21-3)14(16)12(6-10)22-4/h5-6,9H,7-8H2,1-4H3,(H,18,19). The molecule has 0 aromatic heterocycles. The highest BCUT2D eigenvalue weighted by Crippen LogP contribution is 2.35. The van der Waals surface area contributed by atoms with Crippen LogP contribution in [0.3, 0.4) is 0 Å². The minimum absolute atomic E-state index is 0.155. The zero-order valence-corrected chi connectivity index (χ0v) is 14.6. The van der Waals surface area contributed by atoms with E-state index in [1.165, 1.54) is 19.1 Å². The first-order valence-electron chi connectivity index (χ1n) is 6.72. The number of carbonyl (C=O) groups excluding carboxylic acids is 1. The van der Waals surface area contributed by atoms with Crippen LogP contribution in [0.1, 0.15) is 24.2 Å². The molecule has 0 fully saturated rings. The third-order valence-corrected chi connectivity index (χ3v) is 3.67. The molecule has 0 heterocycles. The quantitative estimate of drug-likeness (QED) is 0.794. The number of ether oxygens (including phenoxy) is 2. The van der Waals surface area contributed by atoms with Crippen molar-refractivity contribution in [2.75, 3.05) is 27.3 Å². The van der Waals surface area contributed by atoms with Crippen LogP contribution < -0.4 is 9.47 Å². The molecule has 1 N–H and O–H groups in total. The number of aliphatic carboxylic acids is 1. The summed E-state index contributed by atoms with van der Waals surface area (Å²) in [6.45, 7) is 3.85. The lowest BCUT2D eigenvalue weighted by Gasteiger charge is -2.23. The number of benzene rings is 1. The molecular formula is C15H20BrNO5. The van der Waals surface area contributed by atoms with E-state index in [9.17, 15) is 9.59 Å². The molecule has 0 unspecified atom stereocenters. The maximum atomic E-state index is 12.6. The number of rotatable bonds is 7. The van der Waals surface area contributed by atoms with Gasteiger partial charge in [0.2, 0.25) is 0 Å². The SMILES string of the molecule is COc1cc(C(=O)N(CC(=O)O)CC(C)C)cc(OC)c1Br. The van der Waals surface area contributed by atoms with Crippen molar-refractivity contribution < 1.29 is 24.2 Å². The summed E-state index contributed by atoms with van der Waals surface area (Å²) in [6, 6.07) is 3.12. The lowest BCUT2D eigenvalue weighted by atomic mass is 10.1. The second-order valence-electron chi connectivity index (χ2n) is 5.17. The Morgan fingerprint density at radius 2 is 1.73 bits per heavy atom. The summed E-state index contributed by atoms with van der Waals surface area (Å²) in [5.74, 6) is -0.377. The van der Waals surface area contributed by atoms with Crippen molar-refractivity contribution in [1.29, 1.82) is 0 Å². The predicted octanol–water partition coefficient (Wildman–Crippen LogP) is 2.65. The topological polar surface area (TPSA) is 76.1 Å². The first-order valence-corrected chi connectivity index (χ1v) is 7.52. The molecule has 0 bridgehead atoms. The fourth-order valence-electron chi connectivity index (χ4n) is 2.00. The summed E-state index contributed by atoms with van der Waals surface area (Å²) in [6.07, 6.45) is 0. The Morgan fingerprint density at radius 1 is 1.23 bits per heavy atom. The molecule has 1 aromatic carbocycles. The van der Waals surface area contributed by atoms with Gasteiger partial charge < -0.3 is 19.5 Å². The van der Waals surface area contributed by atoms with Crippen LogP contribution in [-0.2, 0) is 4.79 Å². The van der Waals surface area contributed by atoms with E-state index in [0.29, 0.717) is 28.1 Å². The average molecular weight is 374 g/mol. The molecule has 7 heteroatoms. The van der Waals surface area contributed by atoms with Crippen molar-refractivity contribution >= 4 is 27.8 Å². The van der Waals surface area contributed by atoms with Gasteiger partial charge in [-0.2, -0.15) is 0 Å². The number of methoxy groups -OCH3 is 2. The van der Waals surface area contributed by atoms with Crippen LogP contribution >= 0.6 is 15.9 Å². The van der Waals surface area contributed by atoms with Crippen molar-refractivity contribution in [3.63, 3.8) is 0 Å². The molecule has 0 atom stereocenters. The van der Waals surface area contributed by atoms with Crippen LogP contribution in [0, 0.1) is 5.92 Å². The number of halogens is 1. The third-order valence-electron chi connectivity index (χ3n) is 2.89.